The number of carbonyl (C=O) groups is 1. The van der Waals surface area contributed by atoms with E-state index in [-0.39, 0.29) is 15.8 Å². The molecule has 13 heteroatoms. The van der Waals surface area contributed by atoms with Gasteiger partial charge in [0.2, 0.25) is 20.0 Å². The van der Waals surface area contributed by atoms with E-state index in [1.165, 1.54) is 32.9 Å². The van der Waals surface area contributed by atoms with Crippen molar-refractivity contribution < 1.29 is 31.1 Å². The summed E-state index contributed by atoms with van der Waals surface area (Å²) in [6, 6.07) is 12.2. The van der Waals surface area contributed by atoms with Crippen LogP contribution in [0.15, 0.2) is 58.3 Å². The topological polar surface area (TPSA) is 117 Å². The Morgan fingerprint density at radius 1 is 0.658 bits per heavy atom. The van der Waals surface area contributed by atoms with Crippen molar-refractivity contribution in [1.82, 2.24) is 8.61 Å². The molecule has 0 N–H and O–H groups in total. The quantitative estimate of drug-likeness (QED) is 0.481. The van der Waals surface area contributed by atoms with E-state index in [0.29, 0.717) is 77.1 Å². The summed E-state index contributed by atoms with van der Waals surface area (Å²) in [5, 5.41) is 0. The Hall–Kier alpha value is -2.55. The maximum atomic E-state index is 13.5. The van der Waals surface area contributed by atoms with Gasteiger partial charge >= 0.3 is 6.03 Å². The molecule has 2 heterocycles. The SMILES string of the molecule is CCN(C(=O)N(CC)c1ccc(S(=O)(=O)N2CCOCC2)cc1)c1ccc(S(=O)(=O)N2CCOCC2)cc1. The number of ether oxygens (including phenoxy) is 2. The van der Waals surface area contributed by atoms with Crippen LogP contribution in [-0.4, -0.2) is 97.2 Å². The minimum absolute atomic E-state index is 0.163. The minimum atomic E-state index is -3.64. The number of nitrogens with zero attached hydrogens (tertiary/aromatic N) is 4. The van der Waals surface area contributed by atoms with Crippen molar-refractivity contribution in [2.45, 2.75) is 23.6 Å². The fourth-order valence-electron chi connectivity index (χ4n) is 4.47. The van der Waals surface area contributed by atoms with Crippen LogP contribution in [0.5, 0.6) is 0 Å². The van der Waals surface area contributed by atoms with Crippen LogP contribution < -0.4 is 9.80 Å². The molecule has 2 saturated heterocycles. The van der Waals surface area contributed by atoms with E-state index in [4.69, 9.17) is 9.47 Å². The highest BCUT2D eigenvalue weighted by Gasteiger charge is 2.29. The second kappa shape index (κ2) is 12.1. The molecule has 2 fully saturated rings. The lowest BCUT2D eigenvalue weighted by Crippen LogP contribution is -2.43. The fraction of sp³-hybridized carbons (Fsp3) is 0.480. The molecule has 0 radical (unpaired) electrons. The van der Waals surface area contributed by atoms with Crippen molar-refractivity contribution in [3.05, 3.63) is 48.5 Å². The van der Waals surface area contributed by atoms with Crippen LogP contribution in [0.25, 0.3) is 0 Å². The molecule has 208 valence electrons. The van der Waals surface area contributed by atoms with E-state index in [1.807, 2.05) is 13.8 Å². The van der Waals surface area contributed by atoms with Crippen LogP contribution in [-0.2, 0) is 29.5 Å². The molecule has 0 bridgehead atoms. The molecule has 0 spiro atoms. The Balaban J connectivity index is 1.51. The van der Waals surface area contributed by atoms with Crippen LogP contribution in [0.3, 0.4) is 0 Å². The van der Waals surface area contributed by atoms with Crippen LogP contribution in [0.1, 0.15) is 13.8 Å². The summed E-state index contributed by atoms with van der Waals surface area (Å²) in [5.74, 6) is 0. The van der Waals surface area contributed by atoms with Crippen LogP contribution in [0, 0.1) is 0 Å². The zero-order valence-corrected chi connectivity index (χ0v) is 23.3. The number of benzene rings is 2. The molecule has 2 aliphatic rings. The number of sulfonamides is 2. The first-order valence-corrected chi connectivity index (χ1v) is 15.5. The van der Waals surface area contributed by atoms with Gasteiger partial charge < -0.3 is 9.47 Å². The number of rotatable bonds is 8. The number of urea groups is 1. The van der Waals surface area contributed by atoms with E-state index in [1.54, 1.807) is 34.1 Å². The molecule has 0 aromatic heterocycles. The average molecular weight is 567 g/mol. The maximum Gasteiger partial charge on any atom is 0.328 e. The summed E-state index contributed by atoms with van der Waals surface area (Å²) in [6.07, 6.45) is 0. The van der Waals surface area contributed by atoms with Gasteiger partial charge in [-0.3, -0.25) is 9.80 Å². The normalized spacial score (nSPS) is 17.7. The predicted molar refractivity (Wildman–Crippen MR) is 143 cm³/mol. The maximum absolute atomic E-state index is 13.5. The lowest BCUT2D eigenvalue weighted by Gasteiger charge is -2.30. The number of hydrogen-bond donors (Lipinski definition) is 0. The molecule has 2 amide bonds. The van der Waals surface area contributed by atoms with Crippen molar-refractivity contribution >= 4 is 37.5 Å². The number of carbonyl (C=O) groups excluding carboxylic acids is 1. The van der Waals surface area contributed by atoms with E-state index in [0.717, 1.165) is 0 Å². The molecule has 0 unspecified atom stereocenters. The first-order chi connectivity index (χ1) is 18.2. The molecular formula is C25H34N4O7S2. The molecule has 2 aliphatic heterocycles. The summed E-state index contributed by atoms with van der Waals surface area (Å²) >= 11 is 0. The predicted octanol–water partition coefficient (Wildman–Crippen LogP) is 2.20. The van der Waals surface area contributed by atoms with E-state index in [2.05, 4.69) is 0 Å². The summed E-state index contributed by atoms with van der Waals surface area (Å²) in [6.45, 7) is 7.06. The van der Waals surface area contributed by atoms with Crippen molar-refractivity contribution in [2.75, 3.05) is 75.5 Å². The highest BCUT2D eigenvalue weighted by atomic mass is 32.2. The Kier molecular flexibility index (Phi) is 9.06. The standard InChI is InChI=1S/C25H34N4O7S2/c1-3-28(21-5-9-23(10-6-21)37(31,32)26-13-17-35-18-14-26)25(30)29(4-2)22-7-11-24(12-8-22)38(33,34)27-15-19-36-20-16-27/h5-12H,3-4,13-20H2,1-2H3. The van der Waals surface area contributed by atoms with Crippen LogP contribution >= 0.6 is 0 Å². The minimum Gasteiger partial charge on any atom is -0.379 e. The van der Waals surface area contributed by atoms with E-state index < -0.39 is 20.0 Å². The van der Waals surface area contributed by atoms with E-state index in [9.17, 15) is 21.6 Å². The third-order valence-corrected chi connectivity index (χ3v) is 10.4. The first-order valence-electron chi connectivity index (χ1n) is 12.6. The summed E-state index contributed by atoms with van der Waals surface area (Å²) in [7, 11) is -7.28. The van der Waals surface area contributed by atoms with Crippen molar-refractivity contribution in [3.8, 4) is 0 Å². The molecule has 11 nitrogen and oxygen atoms in total. The largest absolute Gasteiger partial charge is 0.379 e. The Morgan fingerprint density at radius 2 is 0.974 bits per heavy atom. The monoisotopic (exact) mass is 566 g/mol. The van der Waals surface area contributed by atoms with Gasteiger partial charge in [-0.25, -0.2) is 21.6 Å². The molecule has 38 heavy (non-hydrogen) atoms. The van der Waals surface area contributed by atoms with Gasteiger partial charge in [0.25, 0.3) is 0 Å². The van der Waals surface area contributed by atoms with Gasteiger partial charge in [0.15, 0.2) is 0 Å². The zero-order valence-electron chi connectivity index (χ0n) is 21.7. The molecule has 4 rings (SSSR count). The first kappa shape index (κ1) is 28.5. The van der Waals surface area contributed by atoms with Gasteiger partial charge in [-0.05, 0) is 62.4 Å². The molecule has 0 atom stereocenters. The molecular weight excluding hydrogens is 532 g/mol. The van der Waals surface area contributed by atoms with Gasteiger partial charge in [0.05, 0.1) is 36.2 Å². The number of hydrogen-bond acceptors (Lipinski definition) is 7. The zero-order chi connectivity index (χ0) is 27.3. The van der Waals surface area contributed by atoms with Gasteiger partial charge in [-0.15, -0.1) is 0 Å². The van der Waals surface area contributed by atoms with Gasteiger partial charge in [0, 0.05) is 50.6 Å². The molecule has 0 aliphatic carbocycles. The van der Waals surface area contributed by atoms with Crippen LogP contribution in [0.4, 0.5) is 16.2 Å². The summed E-state index contributed by atoms with van der Waals surface area (Å²) < 4.78 is 65.1. The number of morpholine rings is 2. The van der Waals surface area contributed by atoms with Crippen molar-refractivity contribution in [2.24, 2.45) is 0 Å². The molecule has 2 aromatic rings. The van der Waals surface area contributed by atoms with Crippen molar-refractivity contribution in [1.29, 1.82) is 0 Å². The van der Waals surface area contributed by atoms with Gasteiger partial charge in [-0.2, -0.15) is 8.61 Å². The fourth-order valence-corrected chi connectivity index (χ4v) is 7.29. The van der Waals surface area contributed by atoms with E-state index >= 15 is 0 Å². The van der Waals surface area contributed by atoms with Crippen molar-refractivity contribution in [3.63, 3.8) is 0 Å². The Labute approximate surface area is 224 Å². The third-order valence-electron chi connectivity index (χ3n) is 6.61. The molecule has 2 aromatic carbocycles. The second-order valence-corrected chi connectivity index (χ2v) is 12.7. The Bertz CT molecular complexity index is 1200. The third kappa shape index (κ3) is 5.87. The van der Waals surface area contributed by atoms with Gasteiger partial charge in [-0.1, -0.05) is 0 Å². The lowest BCUT2D eigenvalue weighted by molar-refractivity contribution is 0.0730. The van der Waals surface area contributed by atoms with Gasteiger partial charge in [0.1, 0.15) is 0 Å². The lowest BCUT2D eigenvalue weighted by atomic mass is 10.2. The number of anilines is 2. The van der Waals surface area contributed by atoms with Crippen LogP contribution in [0.2, 0.25) is 0 Å². The summed E-state index contributed by atoms with van der Waals surface area (Å²) in [5.41, 5.74) is 1.12. The Morgan fingerprint density at radius 3 is 1.26 bits per heavy atom. The summed E-state index contributed by atoms with van der Waals surface area (Å²) in [4.78, 5) is 17.0. The number of amides is 2. The smallest absolute Gasteiger partial charge is 0.328 e. The molecule has 0 saturated carbocycles. The highest BCUT2D eigenvalue weighted by molar-refractivity contribution is 7.89. The highest BCUT2D eigenvalue weighted by Crippen LogP contribution is 2.26. The average Bonchev–Trinajstić information content (AvgIpc) is 2.95. The second-order valence-electron chi connectivity index (χ2n) is 8.79.